The van der Waals surface area contributed by atoms with E-state index < -0.39 is 18.1 Å². The van der Waals surface area contributed by atoms with Gasteiger partial charge in [-0.15, -0.1) is 0 Å². The van der Waals surface area contributed by atoms with Gasteiger partial charge in [0, 0.05) is 19.3 Å². The minimum atomic E-state index is -1.13. The monoisotopic (exact) mass is 818 g/mol. The van der Waals surface area contributed by atoms with Gasteiger partial charge in [-0.1, -0.05) is 159 Å². The molecule has 0 aliphatic heterocycles. The number of nitrogens with zero attached hydrogens (tertiary/aromatic N) is 1. The molecule has 0 heterocycles. The van der Waals surface area contributed by atoms with Crippen molar-refractivity contribution < 1.29 is 38.2 Å². The zero-order valence-corrected chi connectivity index (χ0v) is 38.5. The molecule has 8 nitrogen and oxygen atoms in total. The molecule has 0 aromatic rings. The third-order valence-electron chi connectivity index (χ3n) is 10.7. The van der Waals surface area contributed by atoms with E-state index in [9.17, 15) is 19.5 Å². The first-order valence-electron chi connectivity index (χ1n) is 24.0. The van der Waals surface area contributed by atoms with Crippen LogP contribution in [-0.2, 0) is 28.6 Å². The molecule has 2 atom stereocenters. The molecule has 2 unspecified atom stereocenters. The number of aliphatic carboxylic acids is 1. The number of quaternary nitrogens is 1. The molecule has 0 saturated carbocycles. The van der Waals surface area contributed by atoms with Gasteiger partial charge in [0.05, 0.1) is 40.3 Å². The molecule has 0 bridgehead atoms. The number of hydrogen-bond donors (Lipinski definition) is 0. The summed E-state index contributed by atoms with van der Waals surface area (Å²) in [7, 11) is 5.41. The van der Waals surface area contributed by atoms with Crippen molar-refractivity contribution in [3.8, 4) is 0 Å². The van der Waals surface area contributed by atoms with Crippen molar-refractivity contribution in [3.05, 3.63) is 36.5 Å². The standard InChI is InChI=1S/C50H91NO7/c1-6-8-10-12-14-16-18-20-22-24-26-28-30-32-34-36-38-40-48(52)57-45-46(44-56-43-42-47(50(54)55)51(3,4)5)58-49(53)41-39-37-35-33-31-29-27-25-23-21-19-17-15-13-11-9-7-2/h15,17,20-23,46-47H,6-14,16,18-19,24-45H2,1-5H3/b17-15-,22-20-,23-21-. The second-order valence-corrected chi connectivity index (χ2v) is 17.3. The van der Waals surface area contributed by atoms with E-state index in [1.807, 2.05) is 0 Å². The van der Waals surface area contributed by atoms with Crippen molar-refractivity contribution in [2.45, 2.75) is 225 Å². The number of hydrogen-bond acceptors (Lipinski definition) is 7. The zero-order valence-electron chi connectivity index (χ0n) is 38.5. The molecule has 0 fully saturated rings. The molecule has 0 spiro atoms. The summed E-state index contributed by atoms with van der Waals surface area (Å²) in [4.78, 5) is 36.9. The fraction of sp³-hybridized carbons (Fsp3) is 0.820. The number of likely N-dealkylation sites (N-methyl/N-ethyl adjacent to an activating group) is 1. The van der Waals surface area contributed by atoms with Crippen LogP contribution in [-0.4, -0.2) is 75.5 Å². The van der Waals surface area contributed by atoms with Gasteiger partial charge in [-0.05, 0) is 70.6 Å². The molecule has 0 aliphatic carbocycles. The quantitative estimate of drug-likeness (QED) is 0.0261. The first-order chi connectivity index (χ1) is 28.1. The van der Waals surface area contributed by atoms with Crippen LogP contribution in [0.15, 0.2) is 36.5 Å². The smallest absolute Gasteiger partial charge is 0.306 e. The largest absolute Gasteiger partial charge is 0.544 e. The lowest BCUT2D eigenvalue weighted by molar-refractivity contribution is -0.889. The molecule has 0 aromatic heterocycles. The van der Waals surface area contributed by atoms with Crippen molar-refractivity contribution in [2.24, 2.45) is 0 Å². The topological polar surface area (TPSA) is 102 Å². The Morgan fingerprint density at radius 1 is 0.517 bits per heavy atom. The van der Waals surface area contributed by atoms with E-state index >= 15 is 0 Å². The van der Waals surface area contributed by atoms with E-state index in [0.717, 1.165) is 51.4 Å². The average Bonchev–Trinajstić information content (AvgIpc) is 3.18. The minimum Gasteiger partial charge on any atom is -0.544 e. The third-order valence-corrected chi connectivity index (χ3v) is 10.7. The van der Waals surface area contributed by atoms with Crippen molar-refractivity contribution in [2.75, 3.05) is 41.0 Å². The Hall–Kier alpha value is -2.45. The number of esters is 2. The lowest BCUT2D eigenvalue weighted by atomic mass is 10.1. The number of carbonyl (C=O) groups is 3. The first kappa shape index (κ1) is 55.5. The summed E-state index contributed by atoms with van der Waals surface area (Å²) < 4.78 is 17.2. The van der Waals surface area contributed by atoms with Crippen molar-refractivity contribution in [1.82, 2.24) is 0 Å². The fourth-order valence-corrected chi connectivity index (χ4v) is 6.98. The summed E-state index contributed by atoms with van der Waals surface area (Å²) >= 11 is 0. The van der Waals surface area contributed by atoms with Crippen LogP contribution in [0.4, 0.5) is 0 Å². The summed E-state index contributed by atoms with van der Waals surface area (Å²) in [5.41, 5.74) is 0. The molecule has 8 heteroatoms. The maximum Gasteiger partial charge on any atom is 0.306 e. The third kappa shape index (κ3) is 39.0. The van der Waals surface area contributed by atoms with E-state index in [-0.39, 0.29) is 42.7 Å². The highest BCUT2D eigenvalue weighted by molar-refractivity contribution is 5.70. The zero-order chi connectivity index (χ0) is 42.8. The highest BCUT2D eigenvalue weighted by Crippen LogP contribution is 2.14. The summed E-state index contributed by atoms with van der Waals surface area (Å²) in [5.74, 6) is -1.74. The molecule has 0 rings (SSSR count). The number of carboxylic acids is 1. The van der Waals surface area contributed by atoms with Gasteiger partial charge in [0.1, 0.15) is 12.6 Å². The van der Waals surface area contributed by atoms with Crippen LogP contribution in [0, 0.1) is 0 Å². The highest BCUT2D eigenvalue weighted by atomic mass is 16.6. The van der Waals surface area contributed by atoms with Gasteiger partial charge in [-0.25, -0.2) is 0 Å². The minimum absolute atomic E-state index is 0.0375. The van der Waals surface area contributed by atoms with Crippen LogP contribution in [0.2, 0.25) is 0 Å². The predicted molar refractivity (Wildman–Crippen MR) is 240 cm³/mol. The van der Waals surface area contributed by atoms with Crippen molar-refractivity contribution >= 4 is 17.9 Å². The van der Waals surface area contributed by atoms with Gasteiger partial charge in [0.15, 0.2) is 6.10 Å². The van der Waals surface area contributed by atoms with Crippen LogP contribution in [0.25, 0.3) is 0 Å². The summed E-state index contributed by atoms with van der Waals surface area (Å²) in [5, 5.41) is 11.6. The Balaban J connectivity index is 4.31. The normalized spacial score (nSPS) is 13.2. The van der Waals surface area contributed by atoms with E-state index in [4.69, 9.17) is 14.2 Å². The summed E-state index contributed by atoms with van der Waals surface area (Å²) in [6.45, 7) is 4.64. The second-order valence-electron chi connectivity index (χ2n) is 17.3. The number of allylic oxidation sites excluding steroid dienone is 6. The number of carbonyl (C=O) groups excluding carboxylic acids is 3. The van der Waals surface area contributed by atoms with Gasteiger partial charge >= 0.3 is 11.9 Å². The Bertz CT molecular complexity index is 1050. The Morgan fingerprint density at radius 3 is 1.38 bits per heavy atom. The molecule has 338 valence electrons. The van der Waals surface area contributed by atoms with Crippen molar-refractivity contribution in [1.29, 1.82) is 0 Å². The molecule has 0 radical (unpaired) electrons. The molecular formula is C50H91NO7. The van der Waals surface area contributed by atoms with Gasteiger partial charge in [-0.2, -0.15) is 0 Å². The second kappa shape index (κ2) is 41.3. The van der Waals surface area contributed by atoms with E-state index in [2.05, 4.69) is 50.3 Å². The van der Waals surface area contributed by atoms with E-state index in [1.165, 1.54) is 128 Å². The lowest BCUT2D eigenvalue weighted by Gasteiger charge is -2.34. The molecule has 0 amide bonds. The average molecular weight is 818 g/mol. The molecule has 58 heavy (non-hydrogen) atoms. The van der Waals surface area contributed by atoms with Gasteiger partial charge in [0.2, 0.25) is 0 Å². The Labute approximate surface area is 357 Å². The van der Waals surface area contributed by atoms with Crippen LogP contribution in [0.5, 0.6) is 0 Å². The van der Waals surface area contributed by atoms with Crippen LogP contribution >= 0.6 is 0 Å². The van der Waals surface area contributed by atoms with Gasteiger partial charge in [-0.3, -0.25) is 9.59 Å². The number of ether oxygens (including phenoxy) is 3. The van der Waals surface area contributed by atoms with Crippen molar-refractivity contribution in [3.63, 3.8) is 0 Å². The lowest BCUT2D eigenvalue weighted by Crippen LogP contribution is -2.55. The van der Waals surface area contributed by atoms with Gasteiger partial charge in [0.25, 0.3) is 0 Å². The molecular weight excluding hydrogens is 727 g/mol. The maximum absolute atomic E-state index is 12.7. The number of carboxylic acid groups (broad SMARTS) is 1. The van der Waals surface area contributed by atoms with Crippen LogP contribution in [0.1, 0.15) is 213 Å². The summed E-state index contributed by atoms with van der Waals surface area (Å²) in [6, 6.07) is -0.727. The predicted octanol–water partition coefficient (Wildman–Crippen LogP) is 12.1. The van der Waals surface area contributed by atoms with E-state index in [0.29, 0.717) is 12.8 Å². The SMILES string of the molecule is CCCCC/C=C\C/C=C\CCCCCCCCCC(=O)OC(COCCC(C(=O)[O-])[N+](C)(C)C)COC(=O)CCCCCCCCC/C=C\CCCCCCCC. The molecule has 0 N–H and O–H groups in total. The van der Waals surface area contributed by atoms with Gasteiger partial charge < -0.3 is 28.6 Å². The Morgan fingerprint density at radius 2 is 0.914 bits per heavy atom. The van der Waals surface area contributed by atoms with E-state index in [1.54, 1.807) is 21.1 Å². The van der Waals surface area contributed by atoms with Crippen LogP contribution < -0.4 is 5.11 Å². The number of rotatable bonds is 43. The van der Waals surface area contributed by atoms with Crippen LogP contribution in [0.3, 0.4) is 0 Å². The molecule has 0 aromatic carbocycles. The highest BCUT2D eigenvalue weighted by Gasteiger charge is 2.25. The summed E-state index contributed by atoms with van der Waals surface area (Å²) in [6.07, 6.45) is 47.3. The molecule has 0 aliphatic rings. The fourth-order valence-electron chi connectivity index (χ4n) is 6.98. The Kier molecular flexibility index (Phi) is 39.5. The number of unbranched alkanes of at least 4 members (excludes halogenated alkanes) is 23. The first-order valence-corrected chi connectivity index (χ1v) is 24.0. The molecule has 0 saturated heterocycles. The maximum atomic E-state index is 12.7.